The van der Waals surface area contributed by atoms with E-state index in [4.69, 9.17) is 5.73 Å². The third-order valence-electron chi connectivity index (χ3n) is 12.7. The molecule has 0 radical (unpaired) electrons. The van der Waals surface area contributed by atoms with E-state index in [9.17, 15) is 0 Å². The molecule has 6 atom stereocenters. The SMILES string of the molecule is CC1CCCC(C)(C)C1CCC(C)[N+](C)(C)CCCCCCC1(C)CCCC(C)(C)C1CC(C)C(C)(C)N.Cl.[Cl-]. The van der Waals surface area contributed by atoms with E-state index >= 15 is 0 Å². The number of halogens is 2. The Morgan fingerprint density at radius 1 is 0.875 bits per heavy atom. The predicted molar refractivity (Wildman–Crippen MR) is 178 cm³/mol. The van der Waals surface area contributed by atoms with Crippen molar-refractivity contribution in [1.82, 2.24) is 0 Å². The molecule has 0 aromatic rings. The van der Waals surface area contributed by atoms with Crippen molar-refractivity contribution in [2.75, 3.05) is 20.6 Å². The molecule has 0 saturated heterocycles. The highest BCUT2D eigenvalue weighted by atomic mass is 35.5. The van der Waals surface area contributed by atoms with Crippen LogP contribution in [0.4, 0.5) is 0 Å². The van der Waals surface area contributed by atoms with Gasteiger partial charge in [-0.2, -0.15) is 0 Å². The first-order valence-electron chi connectivity index (χ1n) is 16.9. The van der Waals surface area contributed by atoms with Gasteiger partial charge in [0.05, 0.1) is 26.7 Å². The van der Waals surface area contributed by atoms with Crippen LogP contribution in [0, 0.1) is 39.9 Å². The highest BCUT2D eigenvalue weighted by Gasteiger charge is 2.47. The lowest BCUT2D eigenvalue weighted by Gasteiger charge is -2.53. The largest absolute Gasteiger partial charge is 1.00 e. The average molecular weight is 606 g/mol. The number of rotatable bonds is 14. The van der Waals surface area contributed by atoms with Crippen LogP contribution in [0.3, 0.4) is 0 Å². The standard InChI is InChI=1S/C36H73N2.2ClH/c1-28-19-17-22-33(4,5)31(28)21-20-30(3)38(11,12)26-16-14-13-15-24-36(10)25-18-23-34(6,7)32(36)27-29(2)35(8,9)37;;/h28-32H,13-27,37H2,1-12H3;2*1H/q+1;;/p-1. The molecule has 2 N–H and O–H groups in total. The highest BCUT2D eigenvalue weighted by molar-refractivity contribution is 5.85. The van der Waals surface area contributed by atoms with Crippen molar-refractivity contribution in [3.05, 3.63) is 0 Å². The zero-order chi connectivity index (χ0) is 29.0. The topological polar surface area (TPSA) is 26.0 Å². The summed E-state index contributed by atoms with van der Waals surface area (Å²) in [6, 6.07) is 0.762. The second-order valence-corrected chi connectivity index (χ2v) is 17.6. The van der Waals surface area contributed by atoms with Crippen molar-refractivity contribution in [1.29, 1.82) is 0 Å². The highest BCUT2D eigenvalue weighted by Crippen LogP contribution is 2.56. The van der Waals surface area contributed by atoms with Crippen molar-refractivity contribution in [2.45, 2.75) is 171 Å². The first kappa shape index (κ1) is 40.5. The average Bonchev–Trinajstić information content (AvgIpc) is 2.77. The van der Waals surface area contributed by atoms with Gasteiger partial charge in [-0.3, -0.25) is 0 Å². The molecular formula is C36H74Cl2N2. The van der Waals surface area contributed by atoms with E-state index in [1.165, 1.54) is 101 Å². The maximum absolute atomic E-state index is 6.56. The van der Waals surface area contributed by atoms with E-state index < -0.39 is 0 Å². The number of nitrogens with two attached hydrogens (primary N) is 1. The lowest BCUT2D eigenvalue weighted by atomic mass is 9.52. The van der Waals surface area contributed by atoms with Crippen LogP contribution in [0.1, 0.15) is 159 Å². The fourth-order valence-electron chi connectivity index (χ4n) is 8.90. The Kier molecular flexibility index (Phi) is 16.2. The van der Waals surface area contributed by atoms with Gasteiger partial charge in [0.1, 0.15) is 0 Å². The molecule has 2 aliphatic rings. The lowest BCUT2D eigenvalue weighted by molar-refractivity contribution is -0.913. The van der Waals surface area contributed by atoms with Gasteiger partial charge < -0.3 is 22.6 Å². The molecule has 0 heterocycles. The number of nitrogens with zero attached hydrogens (tertiary/aromatic N) is 1. The molecule has 4 heteroatoms. The van der Waals surface area contributed by atoms with Crippen molar-refractivity contribution in [3.8, 4) is 0 Å². The summed E-state index contributed by atoms with van der Waals surface area (Å²) >= 11 is 0. The van der Waals surface area contributed by atoms with Crippen LogP contribution in [0.5, 0.6) is 0 Å². The Morgan fingerprint density at radius 3 is 2.02 bits per heavy atom. The molecule has 2 aliphatic carbocycles. The minimum Gasteiger partial charge on any atom is -1.00 e. The van der Waals surface area contributed by atoms with E-state index in [1.807, 2.05) is 0 Å². The molecule has 2 rings (SSSR count). The first-order chi connectivity index (χ1) is 17.3. The maximum atomic E-state index is 6.56. The summed E-state index contributed by atoms with van der Waals surface area (Å²) in [5.74, 6) is 3.17. The van der Waals surface area contributed by atoms with Crippen LogP contribution in [-0.4, -0.2) is 36.7 Å². The van der Waals surface area contributed by atoms with E-state index in [2.05, 4.69) is 83.3 Å². The predicted octanol–water partition coefficient (Wildman–Crippen LogP) is 7.67. The summed E-state index contributed by atoms with van der Waals surface area (Å²) in [4.78, 5) is 0. The molecule has 2 fully saturated rings. The Balaban J connectivity index is 0.00000760. The van der Waals surface area contributed by atoms with Crippen LogP contribution in [-0.2, 0) is 0 Å². The van der Waals surface area contributed by atoms with Crippen LogP contribution in [0.15, 0.2) is 0 Å². The van der Waals surface area contributed by atoms with Gasteiger partial charge in [-0.15, -0.1) is 12.4 Å². The zero-order valence-electron chi connectivity index (χ0n) is 29.3. The first-order valence-corrected chi connectivity index (χ1v) is 16.9. The van der Waals surface area contributed by atoms with Gasteiger partial charge in [-0.25, -0.2) is 0 Å². The second-order valence-electron chi connectivity index (χ2n) is 17.6. The number of hydrogen-bond acceptors (Lipinski definition) is 1. The minimum atomic E-state index is -0.0819. The number of unbranched alkanes of at least 4 members (excludes halogenated alkanes) is 3. The second kappa shape index (κ2) is 16.0. The van der Waals surface area contributed by atoms with Crippen molar-refractivity contribution < 1.29 is 16.9 Å². The van der Waals surface area contributed by atoms with Crippen LogP contribution in [0.25, 0.3) is 0 Å². The zero-order valence-corrected chi connectivity index (χ0v) is 30.9. The van der Waals surface area contributed by atoms with E-state index in [-0.39, 0.29) is 30.4 Å². The van der Waals surface area contributed by atoms with Crippen molar-refractivity contribution >= 4 is 12.4 Å². The van der Waals surface area contributed by atoms with Crippen LogP contribution < -0.4 is 18.1 Å². The van der Waals surface area contributed by atoms with Crippen LogP contribution >= 0.6 is 12.4 Å². The normalized spacial score (nSPS) is 30.1. The summed E-state index contributed by atoms with van der Waals surface area (Å²) < 4.78 is 1.20. The fourth-order valence-corrected chi connectivity index (χ4v) is 8.90. The van der Waals surface area contributed by atoms with Gasteiger partial charge >= 0.3 is 0 Å². The van der Waals surface area contributed by atoms with Gasteiger partial charge in [-0.1, -0.05) is 80.6 Å². The number of hydrogen-bond donors (Lipinski definition) is 1. The van der Waals surface area contributed by atoms with Gasteiger partial charge in [0, 0.05) is 5.54 Å². The molecular weight excluding hydrogens is 531 g/mol. The van der Waals surface area contributed by atoms with Gasteiger partial charge in [-0.05, 0) is 118 Å². The van der Waals surface area contributed by atoms with Gasteiger partial charge in [0.15, 0.2) is 0 Å². The molecule has 0 bridgehead atoms. The quantitative estimate of drug-likeness (QED) is 0.160. The summed E-state index contributed by atoms with van der Waals surface area (Å²) in [6.07, 6.45) is 19.6. The van der Waals surface area contributed by atoms with E-state index in [0.717, 1.165) is 23.8 Å². The summed E-state index contributed by atoms with van der Waals surface area (Å²) in [5.41, 5.74) is 7.93. The molecule has 2 saturated carbocycles. The number of quaternary nitrogens is 1. The van der Waals surface area contributed by atoms with Crippen molar-refractivity contribution in [2.24, 2.45) is 45.7 Å². The Hall–Kier alpha value is 0.500. The molecule has 6 unspecified atom stereocenters. The Bertz CT molecular complexity index is 710. The smallest absolute Gasteiger partial charge is 0.0857 e. The molecule has 0 aliphatic heterocycles. The molecule has 242 valence electrons. The van der Waals surface area contributed by atoms with Crippen LogP contribution in [0.2, 0.25) is 0 Å². The molecule has 2 nitrogen and oxygen atoms in total. The lowest BCUT2D eigenvalue weighted by Crippen LogP contribution is -3.00. The van der Waals surface area contributed by atoms with Crippen molar-refractivity contribution in [3.63, 3.8) is 0 Å². The summed E-state index contributed by atoms with van der Waals surface area (Å²) in [5, 5.41) is 0. The Morgan fingerprint density at radius 2 is 1.45 bits per heavy atom. The Labute approximate surface area is 265 Å². The molecule has 0 spiro atoms. The van der Waals surface area contributed by atoms with Gasteiger partial charge in [0.2, 0.25) is 0 Å². The minimum absolute atomic E-state index is 0. The fraction of sp³-hybridized carbons (Fsp3) is 1.00. The van der Waals surface area contributed by atoms with Gasteiger partial charge in [0.25, 0.3) is 0 Å². The maximum Gasteiger partial charge on any atom is 0.0857 e. The van der Waals surface area contributed by atoms with E-state index in [0.29, 0.717) is 22.2 Å². The summed E-state index contributed by atoms with van der Waals surface area (Å²) in [6.45, 7) is 26.0. The molecule has 0 aromatic carbocycles. The molecule has 0 amide bonds. The van der Waals surface area contributed by atoms with E-state index in [1.54, 1.807) is 0 Å². The monoisotopic (exact) mass is 605 g/mol. The molecule has 40 heavy (non-hydrogen) atoms. The third kappa shape index (κ3) is 11.2. The molecule has 0 aromatic heterocycles. The summed E-state index contributed by atoms with van der Waals surface area (Å²) in [7, 11) is 4.99. The third-order valence-corrected chi connectivity index (χ3v) is 12.7.